The molecular formula is C27H21F3N6O2. The molecule has 11 heteroatoms. The lowest BCUT2D eigenvalue weighted by atomic mass is 9.61. The molecule has 0 radical (unpaired) electrons. The predicted molar refractivity (Wildman–Crippen MR) is 131 cm³/mol. The molecule has 3 saturated carbocycles. The van der Waals surface area contributed by atoms with Gasteiger partial charge in [-0.2, -0.15) is 5.26 Å². The van der Waals surface area contributed by atoms with E-state index in [2.05, 4.69) is 25.3 Å². The van der Waals surface area contributed by atoms with E-state index in [0.717, 1.165) is 37.8 Å². The summed E-state index contributed by atoms with van der Waals surface area (Å²) < 4.78 is 44.8. The summed E-state index contributed by atoms with van der Waals surface area (Å²) in [6.45, 7) is 0. The summed E-state index contributed by atoms with van der Waals surface area (Å²) in [5.74, 6) is -4.44. The van der Waals surface area contributed by atoms with E-state index >= 15 is 4.39 Å². The highest BCUT2D eigenvalue weighted by Gasteiger charge is 2.47. The van der Waals surface area contributed by atoms with Crippen molar-refractivity contribution in [1.82, 2.24) is 19.9 Å². The van der Waals surface area contributed by atoms with Crippen LogP contribution < -0.4 is 5.32 Å². The number of nitriles is 1. The topological polar surface area (TPSA) is 128 Å². The van der Waals surface area contributed by atoms with Crippen molar-refractivity contribution < 1.29 is 23.1 Å². The Morgan fingerprint density at radius 3 is 2.50 bits per heavy atom. The van der Waals surface area contributed by atoms with E-state index in [1.54, 1.807) is 0 Å². The second-order valence-corrected chi connectivity index (χ2v) is 9.83. The number of pyridine rings is 1. The average molecular weight is 518 g/mol. The van der Waals surface area contributed by atoms with Gasteiger partial charge in [0.2, 0.25) is 0 Å². The number of fused-ring (bicyclic) bond motifs is 4. The van der Waals surface area contributed by atoms with Gasteiger partial charge in [0.15, 0.2) is 11.6 Å². The minimum Gasteiger partial charge on any atom is -0.481 e. The highest BCUT2D eigenvalue weighted by atomic mass is 19.1. The molecule has 0 spiro atoms. The van der Waals surface area contributed by atoms with E-state index in [-0.39, 0.29) is 56.5 Å². The number of rotatable bonds is 5. The lowest BCUT2D eigenvalue weighted by Gasteiger charge is -2.47. The standard InChI is InChI=1S/C27H21F3N6O2/c28-15-5-16-18(10-34-25(16)19(29)6-15)24-17(7-31)20(14-8-32-11-33-9-14)22(30)26(36-24)35-23-13-3-1-12(2-4-13)21(23)27(37)38/h5-6,8-13,21,23,34H,1-4H2,(H,35,36)(H,37,38). The maximum absolute atomic E-state index is 16.2. The van der Waals surface area contributed by atoms with Crippen molar-refractivity contribution in [1.29, 1.82) is 5.26 Å². The van der Waals surface area contributed by atoms with Gasteiger partial charge in [-0.05, 0) is 43.6 Å². The van der Waals surface area contributed by atoms with Gasteiger partial charge in [-0.15, -0.1) is 0 Å². The quantitative estimate of drug-likeness (QED) is 0.328. The number of benzene rings is 1. The van der Waals surface area contributed by atoms with Gasteiger partial charge in [-0.25, -0.2) is 28.1 Å². The Balaban J connectivity index is 1.58. The van der Waals surface area contributed by atoms with Gasteiger partial charge >= 0.3 is 5.97 Å². The summed E-state index contributed by atoms with van der Waals surface area (Å²) in [5, 5.41) is 23.3. The van der Waals surface area contributed by atoms with Crippen LogP contribution in [0.3, 0.4) is 0 Å². The summed E-state index contributed by atoms with van der Waals surface area (Å²) in [4.78, 5) is 27.3. The Labute approximate surface area is 214 Å². The van der Waals surface area contributed by atoms with Crippen LogP contribution in [0.1, 0.15) is 31.2 Å². The van der Waals surface area contributed by atoms with Crippen molar-refractivity contribution in [2.24, 2.45) is 17.8 Å². The molecule has 3 aliphatic carbocycles. The molecule has 0 amide bonds. The van der Waals surface area contributed by atoms with Crippen LogP contribution in [0.4, 0.5) is 19.0 Å². The number of carboxylic acids is 1. The summed E-state index contributed by atoms with van der Waals surface area (Å²) in [7, 11) is 0. The molecule has 0 saturated heterocycles. The average Bonchev–Trinajstić information content (AvgIpc) is 3.34. The number of nitrogens with zero attached hydrogens (tertiary/aromatic N) is 4. The monoisotopic (exact) mass is 518 g/mol. The fourth-order valence-corrected chi connectivity index (χ4v) is 6.18. The number of nitrogens with one attached hydrogen (secondary N) is 2. The molecule has 3 aromatic heterocycles. The Hall–Kier alpha value is -4.46. The summed E-state index contributed by atoms with van der Waals surface area (Å²) in [5.41, 5.74) is 0.0693. The second kappa shape index (κ2) is 9.13. The smallest absolute Gasteiger partial charge is 0.308 e. The van der Waals surface area contributed by atoms with Crippen molar-refractivity contribution in [3.8, 4) is 28.5 Å². The minimum atomic E-state index is -0.953. The summed E-state index contributed by atoms with van der Waals surface area (Å²) >= 11 is 0. The number of anilines is 1. The molecule has 3 fully saturated rings. The van der Waals surface area contributed by atoms with Gasteiger partial charge in [-0.3, -0.25) is 4.79 Å². The maximum Gasteiger partial charge on any atom is 0.308 e. The molecule has 2 unspecified atom stereocenters. The van der Waals surface area contributed by atoms with Crippen LogP contribution in [-0.2, 0) is 4.79 Å². The van der Waals surface area contributed by atoms with E-state index in [1.807, 2.05) is 6.07 Å². The number of carboxylic acid groups (broad SMARTS) is 1. The van der Waals surface area contributed by atoms with Crippen LogP contribution in [-0.4, -0.2) is 37.1 Å². The fraction of sp³-hybridized carbons (Fsp3) is 0.296. The zero-order valence-corrected chi connectivity index (χ0v) is 19.9. The number of H-pyrrole nitrogens is 1. The van der Waals surface area contributed by atoms with Crippen LogP contribution in [0, 0.1) is 46.5 Å². The Kier molecular flexibility index (Phi) is 5.75. The van der Waals surface area contributed by atoms with Crippen LogP contribution in [0.15, 0.2) is 37.1 Å². The molecule has 7 rings (SSSR count). The van der Waals surface area contributed by atoms with Crippen LogP contribution >= 0.6 is 0 Å². The summed E-state index contributed by atoms with van der Waals surface area (Å²) in [6, 6.07) is 3.26. The third-order valence-corrected chi connectivity index (χ3v) is 7.87. The first-order valence-electron chi connectivity index (χ1n) is 12.2. The molecule has 3 aliphatic rings. The number of aromatic nitrogens is 4. The third kappa shape index (κ3) is 3.75. The Bertz CT molecular complexity index is 1610. The zero-order valence-electron chi connectivity index (χ0n) is 19.9. The molecule has 38 heavy (non-hydrogen) atoms. The predicted octanol–water partition coefficient (Wildman–Crippen LogP) is 5.28. The molecule has 2 atom stereocenters. The molecule has 0 aliphatic heterocycles. The zero-order chi connectivity index (χ0) is 26.6. The van der Waals surface area contributed by atoms with Gasteiger partial charge in [-0.1, -0.05) is 0 Å². The van der Waals surface area contributed by atoms with Crippen molar-refractivity contribution in [3.05, 3.63) is 60.1 Å². The number of carbonyl (C=O) groups is 1. The number of hydrogen-bond donors (Lipinski definition) is 3. The third-order valence-electron chi connectivity index (χ3n) is 7.87. The van der Waals surface area contributed by atoms with Gasteiger partial charge in [0.25, 0.3) is 0 Å². The van der Waals surface area contributed by atoms with Crippen molar-refractivity contribution in [2.45, 2.75) is 31.7 Å². The van der Waals surface area contributed by atoms with Gasteiger partial charge < -0.3 is 15.4 Å². The number of aromatic amines is 1. The van der Waals surface area contributed by atoms with Crippen molar-refractivity contribution in [3.63, 3.8) is 0 Å². The number of hydrogen-bond acceptors (Lipinski definition) is 6. The molecule has 4 aromatic rings. The maximum atomic E-state index is 16.2. The van der Waals surface area contributed by atoms with Crippen molar-refractivity contribution in [2.75, 3.05) is 5.32 Å². The molecule has 3 heterocycles. The van der Waals surface area contributed by atoms with Gasteiger partial charge in [0, 0.05) is 52.8 Å². The Morgan fingerprint density at radius 2 is 1.82 bits per heavy atom. The molecule has 192 valence electrons. The fourth-order valence-electron chi connectivity index (χ4n) is 6.18. The SMILES string of the molecule is N#Cc1c(-c2c[nH]c3c(F)cc(F)cc23)nc(NC2C3CCC(CC3)C2C(=O)O)c(F)c1-c1cncnc1. The first-order chi connectivity index (χ1) is 18.4. The van der Waals surface area contributed by atoms with Crippen molar-refractivity contribution >= 4 is 22.7 Å². The second-order valence-electron chi connectivity index (χ2n) is 9.83. The first-order valence-corrected chi connectivity index (χ1v) is 12.2. The lowest BCUT2D eigenvalue weighted by Crippen LogP contribution is -2.51. The van der Waals surface area contributed by atoms with Gasteiger partial charge in [0.05, 0.1) is 22.7 Å². The van der Waals surface area contributed by atoms with E-state index in [0.29, 0.717) is 0 Å². The van der Waals surface area contributed by atoms with Crippen LogP contribution in [0.5, 0.6) is 0 Å². The van der Waals surface area contributed by atoms with E-state index in [4.69, 9.17) is 0 Å². The van der Waals surface area contributed by atoms with E-state index in [1.165, 1.54) is 24.9 Å². The number of halogens is 3. The molecular weight excluding hydrogens is 497 g/mol. The van der Waals surface area contributed by atoms with Gasteiger partial charge in [0.1, 0.15) is 24.0 Å². The Morgan fingerprint density at radius 1 is 1.11 bits per heavy atom. The van der Waals surface area contributed by atoms with Crippen LogP contribution in [0.25, 0.3) is 33.3 Å². The molecule has 2 bridgehead atoms. The highest BCUT2D eigenvalue weighted by Crippen LogP contribution is 2.47. The summed E-state index contributed by atoms with van der Waals surface area (Å²) in [6.07, 6.45) is 8.56. The minimum absolute atomic E-state index is 0.00560. The highest BCUT2D eigenvalue weighted by molar-refractivity contribution is 5.98. The largest absolute Gasteiger partial charge is 0.481 e. The lowest BCUT2D eigenvalue weighted by molar-refractivity contribution is -0.148. The molecule has 1 aromatic carbocycles. The molecule has 3 N–H and O–H groups in total. The first kappa shape index (κ1) is 23.9. The van der Waals surface area contributed by atoms with Crippen LogP contribution in [0.2, 0.25) is 0 Å². The molecule has 8 nitrogen and oxygen atoms in total. The normalized spacial score (nSPS) is 22.4. The number of aliphatic carboxylic acids is 1. The van der Waals surface area contributed by atoms with E-state index < -0.39 is 35.4 Å². The van der Waals surface area contributed by atoms with E-state index in [9.17, 15) is 23.9 Å².